The molecule has 0 aromatic rings. The molecule has 54 valence electrons. The van der Waals surface area contributed by atoms with Crippen LogP contribution in [0.25, 0.3) is 0 Å². The molecule has 0 bridgehead atoms. The number of rotatable bonds is 2. The molecule has 0 atom stereocenters. The number of fused-ring (bicyclic) bond motifs is 1. The topological polar surface area (TPSA) is 86.2 Å². The molecule has 4 nitrogen and oxygen atoms in total. The lowest BCUT2D eigenvalue weighted by Gasteiger charge is -1.91. The molecule has 2 amide bonds. The Bertz CT molecular complexity index is 216. The highest BCUT2D eigenvalue weighted by Gasteiger charge is 2.89. The molecule has 2 rings (SSSR count). The van der Waals surface area contributed by atoms with Crippen molar-refractivity contribution in [1.82, 2.24) is 0 Å². The van der Waals surface area contributed by atoms with Gasteiger partial charge in [-0.2, -0.15) is 0 Å². The van der Waals surface area contributed by atoms with Crippen LogP contribution in [0.3, 0.4) is 0 Å². The molecule has 4 heteroatoms. The molecule has 0 aromatic heterocycles. The smallest absolute Gasteiger partial charge is 0.224 e. The van der Waals surface area contributed by atoms with Crippen LogP contribution in [-0.4, -0.2) is 11.8 Å². The Morgan fingerprint density at radius 1 is 1.00 bits per heavy atom. The van der Waals surface area contributed by atoms with Gasteiger partial charge in [0.25, 0.3) is 0 Å². The second-order valence-corrected chi connectivity index (χ2v) is 3.25. The van der Waals surface area contributed by atoms with Crippen molar-refractivity contribution in [2.75, 3.05) is 0 Å². The summed E-state index contributed by atoms with van der Waals surface area (Å²) in [6.07, 6.45) is 1.18. The third-order valence-electron chi connectivity index (χ3n) is 2.82. The molecule has 0 spiro atoms. The number of nitrogens with two attached hydrogens (primary N) is 2. The molecule has 0 aliphatic heterocycles. The SMILES string of the molecule is NC(=O)C12CC1(C(N)=O)C2. The molecule has 0 radical (unpaired) electrons. The molecule has 2 fully saturated rings. The van der Waals surface area contributed by atoms with Crippen molar-refractivity contribution in [3.63, 3.8) is 0 Å². The van der Waals surface area contributed by atoms with Gasteiger partial charge in [0.05, 0.1) is 10.8 Å². The first-order valence-corrected chi connectivity index (χ1v) is 3.15. The Morgan fingerprint density at radius 3 is 1.40 bits per heavy atom. The quantitative estimate of drug-likeness (QED) is 0.501. The molecule has 0 unspecified atom stereocenters. The largest absolute Gasteiger partial charge is 0.369 e. The number of amides is 2. The van der Waals surface area contributed by atoms with Crippen molar-refractivity contribution in [3.05, 3.63) is 0 Å². The number of carbonyl (C=O) groups excluding carboxylic acids is 2. The maximum Gasteiger partial charge on any atom is 0.224 e. The summed E-state index contributed by atoms with van der Waals surface area (Å²) in [5.74, 6) is -0.738. The van der Waals surface area contributed by atoms with Gasteiger partial charge in [-0.1, -0.05) is 0 Å². The van der Waals surface area contributed by atoms with E-state index in [0.29, 0.717) is 12.8 Å². The van der Waals surface area contributed by atoms with Crippen LogP contribution in [0.5, 0.6) is 0 Å². The molecule has 10 heavy (non-hydrogen) atoms. The maximum atomic E-state index is 10.6. The van der Waals surface area contributed by atoms with Crippen LogP contribution in [0.15, 0.2) is 0 Å². The van der Waals surface area contributed by atoms with E-state index in [4.69, 9.17) is 11.5 Å². The van der Waals surface area contributed by atoms with Crippen LogP contribution < -0.4 is 11.5 Å². The van der Waals surface area contributed by atoms with Gasteiger partial charge in [0.2, 0.25) is 11.8 Å². The Kier molecular flexibility index (Phi) is 0.608. The molecular formula is C6H8N2O2. The average molecular weight is 140 g/mol. The number of carbonyl (C=O) groups is 2. The van der Waals surface area contributed by atoms with Gasteiger partial charge < -0.3 is 11.5 Å². The van der Waals surface area contributed by atoms with Gasteiger partial charge in [0.1, 0.15) is 0 Å². The summed E-state index contributed by atoms with van der Waals surface area (Å²) in [5, 5.41) is 0. The average Bonchev–Trinajstić information content (AvgIpc) is 2.41. The van der Waals surface area contributed by atoms with E-state index in [0.717, 1.165) is 0 Å². The van der Waals surface area contributed by atoms with Gasteiger partial charge >= 0.3 is 0 Å². The monoisotopic (exact) mass is 140 g/mol. The lowest BCUT2D eigenvalue weighted by Crippen LogP contribution is -2.20. The van der Waals surface area contributed by atoms with Crippen LogP contribution in [0.2, 0.25) is 0 Å². The lowest BCUT2D eigenvalue weighted by atomic mass is 10.2. The van der Waals surface area contributed by atoms with Gasteiger partial charge in [-0.25, -0.2) is 0 Å². The Balaban J connectivity index is 2.22. The van der Waals surface area contributed by atoms with Crippen molar-refractivity contribution >= 4 is 11.8 Å². The van der Waals surface area contributed by atoms with Crippen LogP contribution >= 0.6 is 0 Å². The molecule has 2 aliphatic rings. The van der Waals surface area contributed by atoms with E-state index >= 15 is 0 Å². The number of hydrogen-bond acceptors (Lipinski definition) is 2. The van der Waals surface area contributed by atoms with E-state index in [1.165, 1.54) is 0 Å². The summed E-state index contributed by atoms with van der Waals surface area (Å²) >= 11 is 0. The molecular weight excluding hydrogens is 132 g/mol. The number of hydrogen-bond donors (Lipinski definition) is 2. The predicted molar refractivity (Wildman–Crippen MR) is 32.5 cm³/mol. The zero-order chi connectivity index (χ0) is 7.57. The predicted octanol–water partition coefficient (Wildman–Crippen LogP) is -1.26. The van der Waals surface area contributed by atoms with Crippen molar-refractivity contribution in [1.29, 1.82) is 0 Å². The molecule has 4 N–H and O–H groups in total. The molecule has 0 saturated heterocycles. The second-order valence-electron chi connectivity index (χ2n) is 3.25. The third kappa shape index (κ3) is 0.314. The van der Waals surface area contributed by atoms with Crippen molar-refractivity contribution in [2.24, 2.45) is 22.3 Å². The van der Waals surface area contributed by atoms with E-state index < -0.39 is 10.8 Å². The van der Waals surface area contributed by atoms with E-state index in [9.17, 15) is 9.59 Å². The zero-order valence-corrected chi connectivity index (χ0v) is 5.39. The van der Waals surface area contributed by atoms with Crippen LogP contribution in [0, 0.1) is 10.8 Å². The Hall–Kier alpha value is -1.06. The first kappa shape index (κ1) is 5.70. The summed E-state index contributed by atoms with van der Waals surface area (Å²) in [6.45, 7) is 0. The van der Waals surface area contributed by atoms with Gasteiger partial charge in [0, 0.05) is 0 Å². The maximum absolute atomic E-state index is 10.6. The van der Waals surface area contributed by atoms with E-state index in [1.54, 1.807) is 0 Å². The zero-order valence-electron chi connectivity index (χ0n) is 5.39. The minimum atomic E-state index is -0.501. The second kappa shape index (κ2) is 1.07. The van der Waals surface area contributed by atoms with Gasteiger partial charge in [-0.05, 0) is 12.8 Å². The van der Waals surface area contributed by atoms with Crippen molar-refractivity contribution < 1.29 is 9.59 Å². The Morgan fingerprint density at radius 2 is 1.30 bits per heavy atom. The van der Waals surface area contributed by atoms with Crippen molar-refractivity contribution in [2.45, 2.75) is 12.8 Å². The molecule has 2 saturated carbocycles. The highest BCUT2D eigenvalue weighted by molar-refractivity contribution is 6.04. The third-order valence-corrected chi connectivity index (χ3v) is 2.82. The lowest BCUT2D eigenvalue weighted by molar-refractivity contribution is -0.124. The molecule has 0 heterocycles. The highest BCUT2D eigenvalue weighted by atomic mass is 16.2. The minimum Gasteiger partial charge on any atom is -0.369 e. The summed E-state index contributed by atoms with van der Waals surface area (Å²) in [5.41, 5.74) is 9.10. The fourth-order valence-electron chi connectivity index (χ4n) is 1.71. The van der Waals surface area contributed by atoms with Gasteiger partial charge in [-0.15, -0.1) is 0 Å². The molecule has 2 aliphatic carbocycles. The van der Waals surface area contributed by atoms with Crippen molar-refractivity contribution in [3.8, 4) is 0 Å². The van der Waals surface area contributed by atoms with Gasteiger partial charge in [-0.3, -0.25) is 9.59 Å². The fourth-order valence-corrected chi connectivity index (χ4v) is 1.71. The normalized spacial score (nSPS) is 47.6. The first-order chi connectivity index (χ1) is 4.55. The first-order valence-electron chi connectivity index (χ1n) is 3.15. The standard InChI is InChI=1S/C6H8N2O2/c7-3(9)5-1-6(5,2-5)4(8)10/h1-2H2,(H2,7,9)(H2,8,10). The van der Waals surface area contributed by atoms with Crippen LogP contribution in [-0.2, 0) is 9.59 Å². The number of primary amides is 2. The fraction of sp³-hybridized carbons (Fsp3) is 0.667. The summed E-state index contributed by atoms with van der Waals surface area (Å²) in [6, 6.07) is 0. The summed E-state index contributed by atoms with van der Waals surface area (Å²) in [7, 11) is 0. The van der Waals surface area contributed by atoms with E-state index in [-0.39, 0.29) is 11.8 Å². The Labute approximate surface area is 57.6 Å². The summed E-state index contributed by atoms with van der Waals surface area (Å²) in [4.78, 5) is 21.3. The summed E-state index contributed by atoms with van der Waals surface area (Å²) < 4.78 is 0. The highest BCUT2D eigenvalue weighted by Crippen LogP contribution is 2.85. The van der Waals surface area contributed by atoms with E-state index in [2.05, 4.69) is 0 Å². The van der Waals surface area contributed by atoms with Crippen LogP contribution in [0.1, 0.15) is 12.8 Å². The van der Waals surface area contributed by atoms with Crippen LogP contribution in [0.4, 0.5) is 0 Å². The molecule has 0 aromatic carbocycles. The van der Waals surface area contributed by atoms with Gasteiger partial charge in [0.15, 0.2) is 0 Å². The van der Waals surface area contributed by atoms with E-state index in [1.807, 2.05) is 0 Å². The minimum absolute atomic E-state index is 0.369.